The standard InChI is InChI=1S/C15H22N2O3.ClH/c1-11-4-2-3-5-13(11)14(18)9-17-15(19)8-12-10-20-7-6-16-12;/h2-5,12,14,16,18H,6-10H2,1H3,(H,17,19);1H. The zero-order chi connectivity index (χ0) is 14.4. The van der Waals surface area contributed by atoms with E-state index in [4.69, 9.17) is 4.74 Å². The molecule has 5 nitrogen and oxygen atoms in total. The van der Waals surface area contributed by atoms with Crippen LogP contribution in [0.3, 0.4) is 0 Å². The van der Waals surface area contributed by atoms with E-state index in [9.17, 15) is 9.90 Å². The maximum Gasteiger partial charge on any atom is 0.221 e. The molecule has 1 aromatic carbocycles. The molecule has 21 heavy (non-hydrogen) atoms. The van der Waals surface area contributed by atoms with Gasteiger partial charge in [-0.15, -0.1) is 12.4 Å². The lowest BCUT2D eigenvalue weighted by molar-refractivity contribution is -0.122. The molecule has 1 heterocycles. The summed E-state index contributed by atoms with van der Waals surface area (Å²) < 4.78 is 5.30. The lowest BCUT2D eigenvalue weighted by Gasteiger charge is -2.23. The number of nitrogens with one attached hydrogen (secondary N) is 2. The Labute approximate surface area is 131 Å². The molecule has 1 fully saturated rings. The van der Waals surface area contributed by atoms with Crippen molar-refractivity contribution in [2.24, 2.45) is 0 Å². The number of rotatable bonds is 5. The highest BCUT2D eigenvalue weighted by molar-refractivity contribution is 5.85. The maximum absolute atomic E-state index is 11.8. The zero-order valence-corrected chi connectivity index (χ0v) is 13.0. The van der Waals surface area contributed by atoms with Gasteiger partial charge in [-0.2, -0.15) is 0 Å². The Bertz CT molecular complexity index is 450. The van der Waals surface area contributed by atoms with Gasteiger partial charge < -0.3 is 20.5 Å². The molecule has 6 heteroatoms. The third-order valence-electron chi connectivity index (χ3n) is 3.47. The van der Waals surface area contributed by atoms with Crippen LogP contribution in [0.1, 0.15) is 23.7 Å². The van der Waals surface area contributed by atoms with E-state index >= 15 is 0 Å². The average molecular weight is 315 g/mol. The van der Waals surface area contributed by atoms with Crippen molar-refractivity contribution in [2.75, 3.05) is 26.3 Å². The minimum absolute atomic E-state index is 0. The summed E-state index contributed by atoms with van der Waals surface area (Å²) in [5, 5.41) is 16.1. The van der Waals surface area contributed by atoms with Crippen LogP contribution in [0.15, 0.2) is 24.3 Å². The summed E-state index contributed by atoms with van der Waals surface area (Å²) in [6.07, 6.45) is -0.295. The first-order valence-electron chi connectivity index (χ1n) is 6.98. The summed E-state index contributed by atoms with van der Waals surface area (Å²) in [4.78, 5) is 11.8. The van der Waals surface area contributed by atoms with Crippen molar-refractivity contribution in [3.05, 3.63) is 35.4 Å². The Kier molecular flexibility index (Phi) is 7.67. The van der Waals surface area contributed by atoms with Gasteiger partial charge in [0.1, 0.15) is 0 Å². The van der Waals surface area contributed by atoms with E-state index in [1.165, 1.54) is 0 Å². The zero-order valence-electron chi connectivity index (χ0n) is 12.2. The number of morpholine rings is 1. The van der Waals surface area contributed by atoms with Crippen LogP contribution in [-0.2, 0) is 9.53 Å². The minimum Gasteiger partial charge on any atom is -0.387 e. The normalized spacial score (nSPS) is 19.4. The quantitative estimate of drug-likeness (QED) is 0.756. The molecule has 1 saturated heterocycles. The molecule has 118 valence electrons. The van der Waals surface area contributed by atoms with Crippen LogP contribution in [0.5, 0.6) is 0 Å². The van der Waals surface area contributed by atoms with E-state index in [0.29, 0.717) is 19.6 Å². The fourth-order valence-corrected chi connectivity index (χ4v) is 2.33. The Morgan fingerprint density at radius 3 is 2.95 bits per heavy atom. The number of ether oxygens (including phenoxy) is 1. The summed E-state index contributed by atoms with van der Waals surface area (Å²) in [6, 6.07) is 7.71. The van der Waals surface area contributed by atoms with E-state index < -0.39 is 6.10 Å². The van der Waals surface area contributed by atoms with Gasteiger partial charge >= 0.3 is 0 Å². The van der Waals surface area contributed by atoms with Gasteiger partial charge in [0.25, 0.3) is 0 Å². The topological polar surface area (TPSA) is 70.6 Å². The number of benzene rings is 1. The highest BCUT2D eigenvalue weighted by atomic mass is 35.5. The number of carbonyl (C=O) groups excluding carboxylic acids is 1. The van der Waals surface area contributed by atoms with Crippen molar-refractivity contribution in [3.63, 3.8) is 0 Å². The number of carbonyl (C=O) groups is 1. The smallest absolute Gasteiger partial charge is 0.221 e. The molecule has 3 N–H and O–H groups in total. The predicted molar refractivity (Wildman–Crippen MR) is 83.6 cm³/mol. The number of hydrogen-bond acceptors (Lipinski definition) is 4. The summed E-state index contributed by atoms with van der Waals surface area (Å²) in [5.41, 5.74) is 1.88. The molecule has 1 aliphatic heterocycles. The van der Waals surface area contributed by atoms with Gasteiger partial charge in [0.05, 0.1) is 19.3 Å². The average Bonchev–Trinajstić information content (AvgIpc) is 2.46. The number of aliphatic hydroxyl groups is 1. The third kappa shape index (κ3) is 5.63. The van der Waals surface area contributed by atoms with Gasteiger partial charge in [0.2, 0.25) is 5.91 Å². The van der Waals surface area contributed by atoms with Crippen LogP contribution >= 0.6 is 12.4 Å². The molecule has 0 aliphatic carbocycles. The van der Waals surface area contributed by atoms with Crippen LogP contribution < -0.4 is 10.6 Å². The summed E-state index contributed by atoms with van der Waals surface area (Å²) in [5.74, 6) is -0.0689. The van der Waals surface area contributed by atoms with E-state index in [0.717, 1.165) is 17.7 Å². The lowest BCUT2D eigenvalue weighted by Crippen LogP contribution is -2.44. The molecule has 2 rings (SSSR count). The molecule has 2 unspecified atom stereocenters. The number of aliphatic hydroxyl groups excluding tert-OH is 1. The highest BCUT2D eigenvalue weighted by Gasteiger charge is 2.17. The third-order valence-corrected chi connectivity index (χ3v) is 3.47. The van der Waals surface area contributed by atoms with Gasteiger partial charge in [-0.25, -0.2) is 0 Å². The van der Waals surface area contributed by atoms with Crippen LogP contribution in [0, 0.1) is 6.92 Å². The summed E-state index contributed by atoms with van der Waals surface area (Å²) >= 11 is 0. The van der Waals surface area contributed by atoms with Crippen molar-refractivity contribution in [2.45, 2.75) is 25.5 Å². The molecular formula is C15H23ClN2O3. The molecule has 0 bridgehead atoms. The predicted octanol–water partition coefficient (Wildman–Crippen LogP) is 0.945. The van der Waals surface area contributed by atoms with Gasteiger partial charge in [-0.05, 0) is 18.1 Å². The highest BCUT2D eigenvalue weighted by Crippen LogP contribution is 2.16. The first-order chi connectivity index (χ1) is 9.66. The van der Waals surface area contributed by atoms with Crippen molar-refractivity contribution >= 4 is 18.3 Å². The minimum atomic E-state index is -0.671. The van der Waals surface area contributed by atoms with Gasteiger partial charge in [-0.3, -0.25) is 4.79 Å². The Hall–Kier alpha value is -1.14. The van der Waals surface area contributed by atoms with Crippen molar-refractivity contribution < 1.29 is 14.6 Å². The molecule has 0 spiro atoms. The Morgan fingerprint density at radius 1 is 1.52 bits per heavy atom. The Morgan fingerprint density at radius 2 is 2.29 bits per heavy atom. The molecular weight excluding hydrogens is 292 g/mol. The molecule has 1 aliphatic rings. The van der Waals surface area contributed by atoms with Crippen molar-refractivity contribution in [1.29, 1.82) is 0 Å². The maximum atomic E-state index is 11.8. The second-order valence-corrected chi connectivity index (χ2v) is 5.11. The van der Waals surface area contributed by atoms with E-state index in [1.807, 2.05) is 31.2 Å². The fourth-order valence-electron chi connectivity index (χ4n) is 2.33. The van der Waals surface area contributed by atoms with Gasteiger partial charge in [0.15, 0.2) is 0 Å². The summed E-state index contributed by atoms with van der Waals surface area (Å²) in [6.45, 7) is 4.22. The van der Waals surface area contributed by atoms with Crippen LogP contribution in [0.4, 0.5) is 0 Å². The molecule has 1 amide bonds. The van der Waals surface area contributed by atoms with Crippen molar-refractivity contribution in [3.8, 4) is 0 Å². The number of aryl methyl sites for hydroxylation is 1. The van der Waals surface area contributed by atoms with E-state index in [2.05, 4.69) is 10.6 Å². The van der Waals surface area contributed by atoms with Crippen LogP contribution in [0.25, 0.3) is 0 Å². The van der Waals surface area contributed by atoms with Crippen LogP contribution in [0.2, 0.25) is 0 Å². The van der Waals surface area contributed by atoms with Crippen LogP contribution in [-0.4, -0.2) is 43.4 Å². The fraction of sp³-hybridized carbons (Fsp3) is 0.533. The van der Waals surface area contributed by atoms with Gasteiger partial charge in [0, 0.05) is 25.6 Å². The first kappa shape index (κ1) is 17.9. The monoisotopic (exact) mass is 314 g/mol. The molecule has 2 atom stereocenters. The van der Waals surface area contributed by atoms with Gasteiger partial charge in [-0.1, -0.05) is 24.3 Å². The molecule has 1 aromatic rings. The second-order valence-electron chi connectivity index (χ2n) is 5.11. The lowest BCUT2D eigenvalue weighted by atomic mass is 10.0. The first-order valence-corrected chi connectivity index (χ1v) is 6.98. The van der Waals surface area contributed by atoms with Crippen molar-refractivity contribution in [1.82, 2.24) is 10.6 Å². The molecule has 0 radical (unpaired) electrons. The Balaban J connectivity index is 0.00000220. The SMILES string of the molecule is Cc1ccccc1C(O)CNC(=O)CC1COCCN1.Cl. The van der Waals surface area contributed by atoms with E-state index in [-0.39, 0.29) is 30.9 Å². The number of amides is 1. The second kappa shape index (κ2) is 9.00. The molecule has 0 saturated carbocycles. The number of halogens is 1. The number of hydrogen-bond donors (Lipinski definition) is 3. The largest absolute Gasteiger partial charge is 0.387 e. The van der Waals surface area contributed by atoms with E-state index in [1.54, 1.807) is 0 Å². The summed E-state index contributed by atoms with van der Waals surface area (Å²) in [7, 11) is 0. The molecule has 0 aromatic heterocycles.